The van der Waals surface area contributed by atoms with Crippen LogP contribution in [0.1, 0.15) is 17.2 Å². The SMILES string of the molecule is N/C(=C\C(/N=C/n1c2ccccc2c2cc3c4ccccc4n(-c4ccccc4)c3cc21)c1ccccc1)c1ccccc1. The minimum atomic E-state index is -0.257. The zero-order chi connectivity index (χ0) is 29.5. The molecule has 1 unspecified atom stereocenters. The van der Waals surface area contributed by atoms with Gasteiger partial charge in [-0.15, -0.1) is 0 Å². The van der Waals surface area contributed by atoms with E-state index in [0.29, 0.717) is 5.70 Å². The van der Waals surface area contributed by atoms with Crippen molar-refractivity contribution in [3.8, 4) is 5.69 Å². The number of fused-ring (bicyclic) bond motifs is 6. The minimum absolute atomic E-state index is 0.257. The van der Waals surface area contributed by atoms with Gasteiger partial charge in [0, 0.05) is 32.9 Å². The third-order valence-electron chi connectivity index (χ3n) is 8.45. The van der Waals surface area contributed by atoms with E-state index in [4.69, 9.17) is 10.7 Å². The van der Waals surface area contributed by atoms with Crippen LogP contribution < -0.4 is 5.73 Å². The molecule has 0 aliphatic heterocycles. The molecule has 210 valence electrons. The number of hydrogen-bond acceptors (Lipinski definition) is 2. The Morgan fingerprint density at radius 1 is 0.545 bits per heavy atom. The Morgan fingerprint density at radius 2 is 1.11 bits per heavy atom. The second-order valence-corrected chi connectivity index (χ2v) is 11.1. The van der Waals surface area contributed by atoms with Crippen molar-refractivity contribution in [2.24, 2.45) is 10.7 Å². The molecule has 0 saturated carbocycles. The summed E-state index contributed by atoms with van der Waals surface area (Å²) in [4.78, 5) is 5.18. The summed E-state index contributed by atoms with van der Waals surface area (Å²) >= 11 is 0. The van der Waals surface area contributed by atoms with Crippen LogP contribution in [0.4, 0.5) is 0 Å². The Morgan fingerprint density at radius 3 is 1.84 bits per heavy atom. The van der Waals surface area contributed by atoms with Crippen molar-refractivity contribution in [2.45, 2.75) is 6.04 Å². The molecule has 0 aliphatic rings. The molecule has 2 heterocycles. The number of rotatable bonds is 6. The molecular weight excluding hydrogens is 536 g/mol. The van der Waals surface area contributed by atoms with E-state index in [-0.39, 0.29) is 6.04 Å². The molecule has 1 atom stereocenters. The van der Waals surface area contributed by atoms with Gasteiger partial charge in [-0.1, -0.05) is 115 Å². The molecule has 0 saturated heterocycles. The Labute approximate surface area is 255 Å². The molecule has 4 nitrogen and oxygen atoms in total. The highest BCUT2D eigenvalue weighted by Gasteiger charge is 2.17. The molecule has 0 spiro atoms. The molecule has 0 aliphatic carbocycles. The number of aromatic nitrogens is 2. The van der Waals surface area contributed by atoms with Gasteiger partial charge in [0.25, 0.3) is 0 Å². The first kappa shape index (κ1) is 25.8. The van der Waals surface area contributed by atoms with Crippen molar-refractivity contribution in [1.82, 2.24) is 9.13 Å². The number of hydrogen-bond donors (Lipinski definition) is 1. The highest BCUT2D eigenvalue weighted by Crippen LogP contribution is 2.38. The molecule has 8 rings (SSSR count). The molecule has 0 amide bonds. The predicted octanol–water partition coefficient (Wildman–Crippen LogP) is 9.51. The largest absolute Gasteiger partial charge is 0.398 e. The number of para-hydroxylation sites is 3. The minimum Gasteiger partial charge on any atom is -0.398 e. The first-order chi connectivity index (χ1) is 21.8. The highest BCUT2D eigenvalue weighted by atomic mass is 15.0. The van der Waals surface area contributed by atoms with Crippen molar-refractivity contribution in [3.05, 3.63) is 169 Å². The second-order valence-electron chi connectivity index (χ2n) is 11.1. The predicted molar refractivity (Wildman–Crippen MR) is 185 cm³/mol. The van der Waals surface area contributed by atoms with Crippen molar-refractivity contribution >= 4 is 55.6 Å². The molecule has 0 radical (unpaired) electrons. The number of nitrogens with zero attached hydrogens (tertiary/aromatic N) is 3. The van der Waals surface area contributed by atoms with Crippen LogP contribution >= 0.6 is 0 Å². The van der Waals surface area contributed by atoms with E-state index < -0.39 is 0 Å². The zero-order valence-electron chi connectivity index (χ0n) is 24.1. The van der Waals surface area contributed by atoms with E-state index >= 15 is 0 Å². The average Bonchev–Trinajstić information content (AvgIpc) is 3.58. The third-order valence-corrected chi connectivity index (χ3v) is 8.45. The van der Waals surface area contributed by atoms with Crippen LogP contribution in [-0.2, 0) is 0 Å². The van der Waals surface area contributed by atoms with Crippen molar-refractivity contribution in [3.63, 3.8) is 0 Å². The molecule has 4 heteroatoms. The maximum atomic E-state index is 6.61. The lowest BCUT2D eigenvalue weighted by atomic mass is 10.0. The Balaban J connectivity index is 1.36. The maximum absolute atomic E-state index is 6.61. The summed E-state index contributed by atoms with van der Waals surface area (Å²) < 4.78 is 4.58. The summed E-state index contributed by atoms with van der Waals surface area (Å²) in [6.45, 7) is 0. The lowest BCUT2D eigenvalue weighted by Gasteiger charge is -2.11. The van der Waals surface area contributed by atoms with E-state index in [1.807, 2.05) is 60.9 Å². The van der Waals surface area contributed by atoms with Gasteiger partial charge < -0.3 is 14.9 Å². The van der Waals surface area contributed by atoms with Crippen molar-refractivity contribution in [2.75, 3.05) is 0 Å². The van der Waals surface area contributed by atoms with Gasteiger partial charge in [0.2, 0.25) is 0 Å². The summed E-state index contributed by atoms with van der Waals surface area (Å²) in [5.74, 6) is 0. The first-order valence-corrected chi connectivity index (χ1v) is 14.9. The van der Waals surface area contributed by atoms with Crippen molar-refractivity contribution in [1.29, 1.82) is 0 Å². The summed E-state index contributed by atoms with van der Waals surface area (Å²) in [6.07, 6.45) is 4.01. The van der Waals surface area contributed by atoms with Gasteiger partial charge in [-0.05, 0) is 53.6 Å². The first-order valence-electron chi connectivity index (χ1n) is 14.9. The molecule has 2 aromatic heterocycles. The molecule has 0 bridgehead atoms. The summed E-state index contributed by atoms with van der Waals surface area (Å²) in [6, 6.07) is 52.6. The van der Waals surface area contributed by atoms with E-state index in [0.717, 1.165) is 33.4 Å². The third kappa shape index (κ3) is 4.36. The van der Waals surface area contributed by atoms with Crippen LogP contribution in [-0.4, -0.2) is 15.5 Å². The van der Waals surface area contributed by atoms with Gasteiger partial charge in [-0.2, -0.15) is 0 Å². The summed E-state index contributed by atoms with van der Waals surface area (Å²) in [7, 11) is 0. The highest BCUT2D eigenvalue weighted by molar-refractivity contribution is 6.20. The Bertz CT molecular complexity index is 2330. The molecular formula is C40H30N4. The van der Waals surface area contributed by atoms with Gasteiger partial charge in [0.05, 0.1) is 34.4 Å². The van der Waals surface area contributed by atoms with E-state index in [2.05, 4.69) is 112 Å². The van der Waals surface area contributed by atoms with Crippen LogP contribution in [0.2, 0.25) is 0 Å². The standard InChI is InChI=1S/C40H30N4/c41-35(28-14-4-1-5-15-28)25-36(29-16-6-2-7-17-29)42-27-43-37-22-12-10-20-31(37)33-24-34-32-21-11-13-23-38(32)44(40(34)26-39(33)43)30-18-8-3-9-19-30/h1-27,36H,41H2/b35-25-,42-27+. The fraction of sp³-hybridized carbons (Fsp3) is 0.0250. The van der Waals surface area contributed by atoms with Gasteiger partial charge in [0.15, 0.2) is 0 Å². The normalized spacial score (nSPS) is 13.0. The summed E-state index contributed by atoms with van der Waals surface area (Å²) in [5.41, 5.74) is 15.1. The smallest absolute Gasteiger partial charge is 0.0970 e. The Kier molecular flexibility index (Phi) is 6.31. The van der Waals surface area contributed by atoms with E-state index in [9.17, 15) is 0 Å². The van der Waals surface area contributed by atoms with Gasteiger partial charge >= 0.3 is 0 Å². The number of nitrogens with two attached hydrogens (primary N) is 1. The molecule has 44 heavy (non-hydrogen) atoms. The molecule has 8 aromatic rings. The van der Waals surface area contributed by atoms with Gasteiger partial charge in [-0.25, -0.2) is 0 Å². The van der Waals surface area contributed by atoms with Crippen LogP contribution in [0, 0.1) is 0 Å². The fourth-order valence-electron chi connectivity index (χ4n) is 6.35. The topological polar surface area (TPSA) is 48.2 Å². The zero-order valence-corrected chi connectivity index (χ0v) is 24.1. The van der Waals surface area contributed by atoms with E-state index in [1.54, 1.807) is 0 Å². The lowest BCUT2D eigenvalue weighted by Crippen LogP contribution is -2.03. The number of aliphatic imine (C=N–C) groups is 1. The van der Waals surface area contributed by atoms with Gasteiger partial charge in [0.1, 0.15) is 0 Å². The van der Waals surface area contributed by atoms with Crippen LogP contribution in [0.25, 0.3) is 55.0 Å². The summed E-state index contributed by atoms with van der Waals surface area (Å²) in [5, 5.41) is 4.87. The van der Waals surface area contributed by atoms with Crippen molar-refractivity contribution < 1.29 is 0 Å². The van der Waals surface area contributed by atoms with Crippen LogP contribution in [0.15, 0.2) is 163 Å². The van der Waals surface area contributed by atoms with Gasteiger partial charge in [-0.3, -0.25) is 4.99 Å². The number of benzene rings is 6. The van der Waals surface area contributed by atoms with Crippen LogP contribution in [0.5, 0.6) is 0 Å². The Hall–Kier alpha value is -5.87. The molecule has 6 aromatic carbocycles. The fourth-order valence-corrected chi connectivity index (χ4v) is 6.35. The van der Waals surface area contributed by atoms with E-state index in [1.165, 1.54) is 27.1 Å². The van der Waals surface area contributed by atoms with Crippen LogP contribution in [0.3, 0.4) is 0 Å². The monoisotopic (exact) mass is 566 g/mol. The quantitative estimate of drug-likeness (QED) is 0.158. The average molecular weight is 567 g/mol. The molecule has 2 N–H and O–H groups in total. The maximum Gasteiger partial charge on any atom is 0.0970 e. The lowest BCUT2D eigenvalue weighted by molar-refractivity contribution is 0.910. The second kappa shape index (κ2) is 10.8. The molecule has 0 fully saturated rings.